The van der Waals surface area contributed by atoms with E-state index in [1.54, 1.807) is 12.1 Å². The van der Waals surface area contributed by atoms with Crippen LogP contribution in [0.3, 0.4) is 0 Å². The first-order chi connectivity index (χ1) is 11.1. The van der Waals surface area contributed by atoms with Crippen LogP contribution in [0.4, 0.5) is 5.69 Å². The number of aromatic amines is 1. The molecule has 1 aromatic heterocycles. The third-order valence-electron chi connectivity index (χ3n) is 3.83. The molecule has 0 saturated carbocycles. The van der Waals surface area contributed by atoms with Gasteiger partial charge in [-0.1, -0.05) is 20.8 Å². The standard InChI is InChI=1S/C18H20N2O3S/c1-18(2,3)17-11-12-10-13(4-9-16(12)19-17)20-24(22,23)15-7-5-14(21)6-8-15/h4-11,19-21H,1-3H3. The van der Waals surface area contributed by atoms with E-state index in [0.717, 1.165) is 16.6 Å². The van der Waals surface area contributed by atoms with E-state index in [1.165, 1.54) is 24.3 Å². The van der Waals surface area contributed by atoms with Gasteiger partial charge in [0.1, 0.15) is 5.75 Å². The average molecular weight is 344 g/mol. The SMILES string of the molecule is CC(C)(C)c1cc2cc(NS(=O)(=O)c3ccc(O)cc3)ccc2[nH]1. The van der Waals surface area contributed by atoms with Crippen molar-refractivity contribution in [3.05, 3.63) is 54.2 Å². The van der Waals surface area contributed by atoms with E-state index in [1.807, 2.05) is 12.1 Å². The van der Waals surface area contributed by atoms with Crippen LogP contribution in [-0.2, 0) is 15.4 Å². The fourth-order valence-corrected chi connectivity index (χ4v) is 3.49. The van der Waals surface area contributed by atoms with E-state index in [-0.39, 0.29) is 16.1 Å². The summed E-state index contributed by atoms with van der Waals surface area (Å²) in [5.41, 5.74) is 2.55. The van der Waals surface area contributed by atoms with Crippen LogP contribution in [0, 0.1) is 0 Å². The monoisotopic (exact) mass is 344 g/mol. The minimum absolute atomic E-state index is 0.00920. The summed E-state index contributed by atoms with van der Waals surface area (Å²) in [5.74, 6) is 0.0254. The number of aromatic nitrogens is 1. The maximum Gasteiger partial charge on any atom is 0.261 e. The highest BCUT2D eigenvalue weighted by atomic mass is 32.2. The zero-order chi connectivity index (χ0) is 17.5. The number of fused-ring (bicyclic) bond motifs is 1. The second-order valence-corrected chi connectivity index (χ2v) is 8.52. The third-order valence-corrected chi connectivity index (χ3v) is 5.23. The van der Waals surface area contributed by atoms with E-state index >= 15 is 0 Å². The summed E-state index contributed by atoms with van der Waals surface area (Å²) in [6.07, 6.45) is 0. The van der Waals surface area contributed by atoms with Gasteiger partial charge >= 0.3 is 0 Å². The molecule has 1 heterocycles. The number of benzene rings is 2. The fraction of sp³-hybridized carbons (Fsp3) is 0.222. The van der Waals surface area contributed by atoms with Crippen LogP contribution in [-0.4, -0.2) is 18.5 Å². The number of H-pyrrole nitrogens is 1. The first kappa shape index (κ1) is 16.4. The van der Waals surface area contributed by atoms with Crippen molar-refractivity contribution < 1.29 is 13.5 Å². The molecular formula is C18H20N2O3S. The zero-order valence-corrected chi connectivity index (χ0v) is 14.6. The first-order valence-electron chi connectivity index (χ1n) is 7.60. The van der Waals surface area contributed by atoms with Crippen LogP contribution in [0.1, 0.15) is 26.5 Å². The van der Waals surface area contributed by atoms with Gasteiger partial charge in [-0.15, -0.1) is 0 Å². The van der Waals surface area contributed by atoms with Gasteiger partial charge in [-0.2, -0.15) is 0 Å². The molecule has 3 N–H and O–H groups in total. The predicted octanol–water partition coefficient (Wildman–Crippen LogP) is 3.97. The molecule has 0 spiro atoms. The smallest absolute Gasteiger partial charge is 0.261 e. The number of sulfonamides is 1. The fourth-order valence-electron chi connectivity index (χ4n) is 2.44. The molecule has 126 valence electrons. The van der Waals surface area contributed by atoms with E-state index in [0.29, 0.717) is 5.69 Å². The summed E-state index contributed by atoms with van der Waals surface area (Å²) < 4.78 is 27.4. The Morgan fingerprint density at radius 2 is 1.67 bits per heavy atom. The summed E-state index contributed by atoms with van der Waals surface area (Å²) in [6.45, 7) is 6.35. The number of hydrogen-bond acceptors (Lipinski definition) is 3. The van der Waals surface area contributed by atoms with Gasteiger partial charge in [0.15, 0.2) is 0 Å². The van der Waals surface area contributed by atoms with Crippen molar-refractivity contribution in [2.24, 2.45) is 0 Å². The van der Waals surface area contributed by atoms with Crippen molar-refractivity contribution in [1.82, 2.24) is 4.98 Å². The molecule has 0 fully saturated rings. The summed E-state index contributed by atoms with van der Waals surface area (Å²) in [6, 6.07) is 12.8. The Morgan fingerprint density at radius 1 is 1.00 bits per heavy atom. The van der Waals surface area contributed by atoms with Crippen LogP contribution in [0.15, 0.2) is 53.4 Å². The van der Waals surface area contributed by atoms with Crippen LogP contribution < -0.4 is 4.72 Å². The van der Waals surface area contributed by atoms with Crippen LogP contribution in [0.2, 0.25) is 0 Å². The molecule has 0 amide bonds. The topological polar surface area (TPSA) is 82.2 Å². The summed E-state index contributed by atoms with van der Waals surface area (Å²) in [4.78, 5) is 3.46. The molecule has 0 aliphatic heterocycles. The van der Waals surface area contributed by atoms with E-state index in [9.17, 15) is 13.5 Å². The lowest BCUT2D eigenvalue weighted by atomic mass is 9.92. The Hall–Kier alpha value is -2.47. The van der Waals surface area contributed by atoms with Crippen molar-refractivity contribution >= 4 is 26.6 Å². The van der Waals surface area contributed by atoms with Crippen molar-refractivity contribution in [3.8, 4) is 5.75 Å². The van der Waals surface area contributed by atoms with Gasteiger partial charge in [-0.25, -0.2) is 8.42 Å². The number of nitrogens with one attached hydrogen (secondary N) is 2. The van der Waals surface area contributed by atoms with Crippen molar-refractivity contribution in [2.75, 3.05) is 4.72 Å². The van der Waals surface area contributed by atoms with Gasteiger partial charge in [0, 0.05) is 27.7 Å². The Balaban J connectivity index is 1.93. The zero-order valence-electron chi connectivity index (χ0n) is 13.8. The Bertz CT molecular complexity index is 981. The van der Waals surface area contributed by atoms with E-state index in [4.69, 9.17) is 0 Å². The molecule has 24 heavy (non-hydrogen) atoms. The number of hydrogen-bond donors (Lipinski definition) is 3. The molecule has 6 heteroatoms. The normalized spacial score (nSPS) is 12.5. The molecule has 0 saturated heterocycles. The minimum Gasteiger partial charge on any atom is -0.508 e. The highest BCUT2D eigenvalue weighted by Gasteiger charge is 2.17. The number of phenolic OH excluding ortho intramolecular Hbond substituents is 1. The van der Waals surface area contributed by atoms with E-state index < -0.39 is 10.0 Å². The average Bonchev–Trinajstić information content (AvgIpc) is 2.90. The minimum atomic E-state index is -3.69. The van der Waals surface area contributed by atoms with Crippen LogP contribution >= 0.6 is 0 Å². The van der Waals surface area contributed by atoms with Crippen molar-refractivity contribution in [1.29, 1.82) is 0 Å². The summed E-state index contributed by atoms with van der Waals surface area (Å²) in [5, 5.41) is 10.2. The maximum absolute atomic E-state index is 12.4. The molecule has 2 aromatic carbocycles. The summed E-state index contributed by atoms with van der Waals surface area (Å²) >= 11 is 0. The Morgan fingerprint density at radius 3 is 2.29 bits per heavy atom. The quantitative estimate of drug-likeness (QED) is 0.672. The number of rotatable bonds is 3. The molecule has 5 nitrogen and oxygen atoms in total. The van der Waals surface area contributed by atoms with E-state index in [2.05, 4.69) is 30.5 Å². The first-order valence-corrected chi connectivity index (χ1v) is 9.09. The van der Waals surface area contributed by atoms with Gasteiger partial charge in [-0.05, 0) is 48.5 Å². The Labute approximate surface area is 141 Å². The Kier molecular flexibility index (Phi) is 3.80. The third kappa shape index (κ3) is 3.23. The molecule has 0 atom stereocenters. The highest BCUT2D eigenvalue weighted by molar-refractivity contribution is 7.92. The van der Waals surface area contributed by atoms with Crippen LogP contribution in [0.25, 0.3) is 10.9 Å². The van der Waals surface area contributed by atoms with Gasteiger partial charge in [0.05, 0.1) is 4.90 Å². The number of phenols is 1. The van der Waals surface area contributed by atoms with Gasteiger partial charge < -0.3 is 10.1 Å². The van der Waals surface area contributed by atoms with Gasteiger partial charge in [-0.3, -0.25) is 4.72 Å². The molecule has 3 aromatic rings. The predicted molar refractivity (Wildman–Crippen MR) is 95.9 cm³/mol. The second-order valence-electron chi connectivity index (χ2n) is 6.83. The lowest BCUT2D eigenvalue weighted by molar-refractivity contribution is 0.475. The molecule has 0 radical (unpaired) electrons. The number of aromatic hydroxyl groups is 1. The van der Waals surface area contributed by atoms with Crippen molar-refractivity contribution in [3.63, 3.8) is 0 Å². The highest BCUT2D eigenvalue weighted by Crippen LogP contribution is 2.28. The largest absolute Gasteiger partial charge is 0.508 e. The molecule has 0 bridgehead atoms. The molecule has 0 aliphatic rings. The lowest BCUT2D eigenvalue weighted by Gasteiger charge is -2.15. The summed E-state index contributed by atoms with van der Waals surface area (Å²) in [7, 11) is -3.69. The molecule has 0 aliphatic carbocycles. The molecular weight excluding hydrogens is 324 g/mol. The van der Waals surface area contributed by atoms with Crippen molar-refractivity contribution in [2.45, 2.75) is 31.1 Å². The lowest BCUT2D eigenvalue weighted by Crippen LogP contribution is -2.12. The van der Waals surface area contributed by atoms with Crippen LogP contribution in [0.5, 0.6) is 5.75 Å². The van der Waals surface area contributed by atoms with Gasteiger partial charge in [0.25, 0.3) is 10.0 Å². The maximum atomic E-state index is 12.4. The number of anilines is 1. The molecule has 0 unspecified atom stereocenters. The second kappa shape index (κ2) is 5.56. The molecule has 3 rings (SSSR count). The van der Waals surface area contributed by atoms with Gasteiger partial charge in [0.2, 0.25) is 0 Å².